The quantitative estimate of drug-likeness (QED) is 0.529. The first-order valence-electron chi connectivity index (χ1n) is 5.04. The molecule has 0 saturated heterocycles. The van der Waals surface area contributed by atoms with E-state index in [1.807, 2.05) is 23.9 Å². The number of nitrogens with two attached hydrogens (primary N) is 1. The van der Waals surface area contributed by atoms with Gasteiger partial charge in [0.1, 0.15) is 0 Å². The molecular formula is C13H11NS. The number of anilines is 1. The SMILES string of the molecule is CC1C=C=C=C2c3cccc(N)c3SC21. The van der Waals surface area contributed by atoms with Gasteiger partial charge in [-0.05, 0) is 18.1 Å². The molecule has 1 aliphatic heterocycles. The monoisotopic (exact) mass is 213 g/mol. The second-order valence-electron chi connectivity index (χ2n) is 3.97. The predicted octanol–water partition coefficient (Wildman–Crippen LogP) is 3.09. The minimum atomic E-state index is 0.478. The normalized spacial score (nSPS) is 26.1. The summed E-state index contributed by atoms with van der Waals surface area (Å²) in [5.74, 6) is 0.512. The lowest BCUT2D eigenvalue weighted by Gasteiger charge is -2.15. The second kappa shape index (κ2) is 3.08. The second-order valence-corrected chi connectivity index (χ2v) is 5.12. The van der Waals surface area contributed by atoms with Gasteiger partial charge >= 0.3 is 0 Å². The summed E-state index contributed by atoms with van der Waals surface area (Å²) in [6, 6.07) is 6.10. The summed E-state index contributed by atoms with van der Waals surface area (Å²) >= 11 is 1.86. The topological polar surface area (TPSA) is 26.0 Å². The lowest BCUT2D eigenvalue weighted by molar-refractivity contribution is 0.773. The standard InChI is InChI=1S/C13H11NS/c1-8-4-2-5-9-10-6-3-7-11(14)13(10)15-12(8)9/h3-4,6-8,12H,14H2,1H3. The molecule has 0 aromatic heterocycles. The average molecular weight is 213 g/mol. The van der Waals surface area contributed by atoms with Crippen LogP contribution in [0, 0.1) is 5.92 Å². The van der Waals surface area contributed by atoms with Crippen molar-refractivity contribution in [3.63, 3.8) is 0 Å². The minimum absolute atomic E-state index is 0.478. The van der Waals surface area contributed by atoms with E-state index in [0.717, 1.165) is 5.69 Å². The molecule has 0 radical (unpaired) electrons. The number of fused-ring (bicyclic) bond motifs is 3. The van der Waals surface area contributed by atoms with Gasteiger partial charge in [-0.25, -0.2) is 0 Å². The van der Waals surface area contributed by atoms with Crippen molar-refractivity contribution in [1.29, 1.82) is 0 Å². The molecule has 74 valence electrons. The maximum absolute atomic E-state index is 5.98. The van der Waals surface area contributed by atoms with Crippen molar-refractivity contribution in [3.05, 3.63) is 41.3 Å². The molecule has 0 bridgehead atoms. The van der Waals surface area contributed by atoms with Crippen LogP contribution in [0.15, 0.2) is 40.6 Å². The number of hydrogen-bond donors (Lipinski definition) is 1. The van der Waals surface area contributed by atoms with E-state index < -0.39 is 0 Å². The Morgan fingerprint density at radius 2 is 2.27 bits per heavy atom. The van der Waals surface area contributed by atoms with E-state index in [2.05, 4.69) is 30.5 Å². The van der Waals surface area contributed by atoms with Crippen LogP contribution < -0.4 is 5.73 Å². The number of thioether (sulfide) groups is 1. The third-order valence-corrected chi connectivity index (χ3v) is 4.51. The highest BCUT2D eigenvalue weighted by Crippen LogP contribution is 2.50. The zero-order valence-electron chi connectivity index (χ0n) is 8.45. The summed E-state index contributed by atoms with van der Waals surface area (Å²) < 4.78 is 0. The van der Waals surface area contributed by atoms with E-state index in [1.165, 1.54) is 16.0 Å². The highest BCUT2D eigenvalue weighted by Gasteiger charge is 2.33. The van der Waals surface area contributed by atoms with Gasteiger partial charge < -0.3 is 5.73 Å². The van der Waals surface area contributed by atoms with E-state index in [1.54, 1.807) is 0 Å². The van der Waals surface area contributed by atoms with Crippen molar-refractivity contribution in [3.8, 4) is 0 Å². The molecule has 2 heteroatoms. The van der Waals surface area contributed by atoms with Gasteiger partial charge in [-0.15, -0.1) is 11.8 Å². The minimum Gasteiger partial charge on any atom is -0.398 e. The van der Waals surface area contributed by atoms with Crippen LogP contribution in [0.4, 0.5) is 5.69 Å². The highest BCUT2D eigenvalue weighted by molar-refractivity contribution is 8.01. The van der Waals surface area contributed by atoms with Gasteiger partial charge in [0.15, 0.2) is 0 Å². The van der Waals surface area contributed by atoms with Crippen LogP contribution in [0.2, 0.25) is 0 Å². The molecule has 2 N–H and O–H groups in total. The fraction of sp³-hybridized carbons (Fsp3) is 0.231. The zero-order valence-corrected chi connectivity index (χ0v) is 9.27. The van der Waals surface area contributed by atoms with Crippen LogP contribution in [-0.4, -0.2) is 5.25 Å². The first-order valence-corrected chi connectivity index (χ1v) is 5.92. The van der Waals surface area contributed by atoms with Gasteiger partial charge in [-0.3, -0.25) is 0 Å². The van der Waals surface area contributed by atoms with Crippen molar-refractivity contribution in [1.82, 2.24) is 0 Å². The average Bonchev–Trinajstić information content (AvgIpc) is 2.60. The van der Waals surface area contributed by atoms with Crippen LogP contribution in [-0.2, 0) is 0 Å². The molecule has 0 fully saturated rings. The molecular weight excluding hydrogens is 202 g/mol. The van der Waals surface area contributed by atoms with Crippen LogP contribution in [0.3, 0.4) is 0 Å². The van der Waals surface area contributed by atoms with Gasteiger partial charge in [0, 0.05) is 27.0 Å². The molecule has 3 rings (SSSR count). The Morgan fingerprint density at radius 3 is 3.13 bits per heavy atom. The van der Waals surface area contributed by atoms with Crippen molar-refractivity contribution >= 4 is 23.0 Å². The molecule has 1 nitrogen and oxygen atoms in total. The summed E-state index contributed by atoms with van der Waals surface area (Å²) in [5, 5.41) is 0.478. The molecule has 0 spiro atoms. The first kappa shape index (κ1) is 8.94. The Kier molecular flexibility index (Phi) is 1.83. The lowest BCUT2D eigenvalue weighted by atomic mass is 9.93. The number of allylic oxidation sites excluding steroid dienone is 1. The van der Waals surface area contributed by atoms with E-state index >= 15 is 0 Å². The maximum Gasteiger partial charge on any atom is 0.0497 e. The Labute approximate surface area is 93.4 Å². The van der Waals surface area contributed by atoms with E-state index in [9.17, 15) is 0 Å². The number of rotatable bonds is 0. The Hall–Kier alpha value is -1.33. The number of benzene rings is 1. The lowest BCUT2D eigenvalue weighted by Crippen LogP contribution is -2.10. The fourth-order valence-corrected chi connectivity index (χ4v) is 3.44. The number of hydrogen-bond acceptors (Lipinski definition) is 2. The molecule has 2 unspecified atom stereocenters. The van der Waals surface area contributed by atoms with Crippen LogP contribution in [0.25, 0.3) is 5.57 Å². The third-order valence-electron chi connectivity index (χ3n) is 2.90. The highest BCUT2D eigenvalue weighted by atomic mass is 32.2. The molecule has 0 saturated carbocycles. The van der Waals surface area contributed by atoms with E-state index in [-0.39, 0.29) is 0 Å². The van der Waals surface area contributed by atoms with Crippen LogP contribution in [0.1, 0.15) is 12.5 Å². The maximum atomic E-state index is 5.98. The molecule has 15 heavy (non-hydrogen) atoms. The fourth-order valence-electron chi connectivity index (χ4n) is 2.08. The van der Waals surface area contributed by atoms with Gasteiger partial charge in [0.05, 0.1) is 0 Å². The van der Waals surface area contributed by atoms with E-state index in [0.29, 0.717) is 11.2 Å². The van der Waals surface area contributed by atoms with Gasteiger partial charge in [0.2, 0.25) is 0 Å². The van der Waals surface area contributed by atoms with Gasteiger partial charge in [-0.2, -0.15) is 0 Å². The van der Waals surface area contributed by atoms with Crippen LogP contribution >= 0.6 is 11.8 Å². The molecule has 2 atom stereocenters. The Balaban J connectivity index is 2.27. The van der Waals surface area contributed by atoms with Crippen molar-refractivity contribution in [2.24, 2.45) is 5.92 Å². The first-order chi connectivity index (χ1) is 7.27. The Morgan fingerprint density at radius 1 is 1.40 bits per heavy atom. The van der Waals surface area contributed by atoms with Gasteiger partial charge in [-0.1, -0.05) is 30.5 Å². The van der Waals surface area contributed by atoms with E-state index in [4.69, 9.17) is 5.73 Å². The van der Waals surface area contributed by atoms with Crippen molar-refractivity contribution < 1.29 is 0 Å². The smallest absolute Gasteiger partial charge is 0.0497 e. The summed E-state index contributed by atoms with van der Waals surface area (Å²) in [5.41, 5.74) is 15.7. The van der Waals surface area contributed by atoms with Crippen molar-refractivity contribution in [2.75, 3.05) is 5.73 Å². The summed E-state index contributed by atoms with van der Waals surface area (Å²) in [7, 11) is 0. The molecule has 1 aromatic rings. The molecule has 0 amide bonds. The largest absolute Gasteiger partial charge is 0.398 e. The Bertz CT molecular complexity index is 531. The van der Waals surface area contributed by atoms with Crippen LogP contribution in [0.5, 0.6) is 0 Å². The molecule has 1 aromatic carbocycles. The summed E-state index contributed by atoms with van der Waals surface area (Å²) in [6.45, 7) is 2.22. The number of nitrogen functional groups attached to an aromatic ring is 1. The predicted molar refractivity (Wildman–Crippen MR) is 64.7 cm³/mol. The zero-order chi connectivity index (χ0) is 10.4. The summed E-state index contributed by atoms with van der Waals surface area (Å²) in [6.07, 6.45) is 2.09. The van der Waals surface area contributed by atoms with Crippen molar-refractivity contribution in [2.45, 2.75) is 17.1 Å². The van der Waals surface area contributed by atoms with Gasteiger partial charge in [0.25, 0.3) is 0 Å². The third kappa shape index (κ3) is 1.20. The molecule has 2 aliphatic rings. The summed E-state index contributed by atoms with van der Waals surface area (Å²) in [4.78, 5) is 1.22. The molecule has 1 heterocycles. The molecule has 1 aliphatic carbocycles.